The summed E-state index contributed by atoms with van der Waals surface area (Å²) in [5.74, 6) is -2.24. The van der Waals surface area contributed by atoms with E-state index < -0.39 is 23.0 Å². The number of imidazole rings is 1. The van der Waals surface area contributed by atoms with E-state index in [-0.39, 0.29) is 6.61 Å². The van der Waals surface area contributed by atoms with Crippen molar-refractivity contribution in [2.24, 2.45) is 0 Å². The van der Waals surface area contributed by atoms with E-state index in [1.165, 1.54) is 6.33 Å². The first-order valence-electron chi connectivity index (χ1n) is 5.64. The molecule has 3 atom stereocenters. The predicted molar refractivity (Wildman–Crippen MR) is 62.7 cm³/mol. The number of ether oxygens (including phenoxy) is 1. The van der Waals surface area contributed by atoms with Gasteiger partial charge in [0.2, 0.25) is 6.10 Å². The molecule has 1 fully saturated rings. The average Bonchev–Trinajstić information content (AvgIpc) is 2.94. The van der Waals surface area contributed by atoms with Crippen LogP contribution < -0.4 is 0 Å². The lowest BCUT2D eigenvalue weighted by atomic mass is 10.1. The third-order valence-corrected chi connectivity index (χ3v) is 3.28. The van der Waals surface area contributed by atoms with Crippen molar-refractivity contribution in [3.63, 3.8) is 0 Å². The molecule has 3 unspecified atom stereocenters. The lowest BCUT2D eigenvalue weighted by Crippen LogP contribution is -2.51. The van der Waals surface area contributed by atoms with Gasteiger partial charge in [-0.3, -0.25) is 14.9 Å². The Kier molecular flexibility index (Phi) is 2.52. The van der Waals surface area contributed by atoms with Crippen molar-refractivity contribution < 1.29 is 19.9 Å². The molecule has 0 bridgehead atoms. The Morgan fingerprint density at radius 3 is 2.84 bits per heavy atom. The number of para-hydroxylation sites is 2. The lowest BCUT2D eigenvalue weighted by molar-refractivity contribution is -0.669. The molecule has 1 aliphatic rings. The van der Waals surface area contributed by atoms with Gasteiger partial charge in [0.25, 0.3) is 0 Å². The molecule has 1 saturated heterocycles. The summed E-state index contributed by atoms with van der Waals surface area (Å²) in [5, 5.41) is 30.9. The second kappa shape index (κ2) is 3.98. The van der Waals surface area contributed by atoms with Crippen LogP contribution in [0.2, 0.25) is 0 Å². The fourth-order valence-electron chi connectivity index (χ4n) is 2.31. The number of hydrogen-bond donors (Lipinski definition) is 2. The highest BCUT2D eigenvalue weighted by Crippen LogP contribution is 2.34. The van der Waals surface area contributed by atoms with Crippen molar-refractivity contribution in [3.05, 3.63) is 40.7 Å². The number of benzene rings is 1. The molecule has 19 heavy (non-hydrogen) atoms. The van der Waals surface area contributed by atoms with E-state index in [1.54, 1.807) is 24.3 Å². The van der Waals surface area contributed by atoms with Crippen LogP contribution in [-0.4, -0.2) is 43.5 Å². The van der Waals surface area contributed by atoms with E-state index in [9.17, 15) is 20.3 Å². The number of aromatic nitrogens is 2. The van der Waals surface area contributed by atoms with Gasteiger partial charge < -0.3 is 10.2 Å². The van der Waals surface area contributed by atoms with Crippen molar-refractivity contribution in [2.45, 2.75) is 18.1 Å². The molecule has 0 spiro atoms. The van der Waals surface area contributed by atoms with Crippen LogP contribution in [0.3, 0.4) is 0 Å². The SMILES string of the molecule is O=[N+]([O-])C1(n2cnc3ccccc32)OCC(O)C1O. The molecule has 0 amide bonds. The molecular weight excluding hydrogens is 254 g/mol. The molecule has 3 rings (SSSR count). The first-order valence-corrected chi connectivity index (χ1v) is 5.64. The molecule has 1 aliphatic heterocycles. The third kappa shape index (κ3) is 1.47. The summed E-state index contributed by atoms with van der Waals surface area (Å²) < 4.78 is 6.25. The molecular formula is C11H11N3O5. The van der Waals surface area contributed by atoms with Gasteiger partial charge in [-0.2, -0.15) is 0 Å². The van der Waals surface area contributed by atoms with Crippen LogP contribution in [-0.2, 0) is 10.6 Å². The van der Waals surface area contributed by atoms with Crippen molar-refractivity contribution in [1.29, 1.82) is 0 Å². The van der Waals surface area contributed by atoms with Crippen molar-refractivity contribution in [1.82, 2.24) is 9.55 Å². The van der Waals surface area contributed by atoms with Gasteiger partial charge in [0.1, 0.15) is 12.4 Å². The highest BCUT2D eigenvalue weighted by atomic mass is 16.7. The maximum atomic E-state index is 11.4. The lowest BCUT2D eigenvalue weighted by Gasteiger charge is -2.24. The van der Waals surface area contributed by atoms with Crippen LogP contribution in [0.5, 0.6) is 0 Å². The van der Waals surface area contributed by atoms with Crippen molar-refractivity contribution >= 4 is 11.0 Å². The maximum absolute atomic E-state index is 11.4. The van der Waals surface area contributed by atoms with Gasteiger partial charge >= 0.3 is 5.85 Å². The first kappa shape index (κ1) is 12.0. The Morgan fingerprint density at radius 1 is 1.47 bits per heavy atom. The quantitative estimate of drug-likeness (QED) is 0.568. The summed E-state index contributed by atoms with van der Waals surface area (Å²) in [6.07, 6.45) is -1.75. The first-order chi connectivity index (χ1) is 9.07. The Hall–Kier alpha value is -2.03. The number of hydrogen-bond acceptors (Lipinski definition) is 6. The monoisotopic (exact) mass is 265 g/mol. The fraction of sp³-hybridized carbons (Fsp3) is 0.364. The molecule has 100 valence electrons. The summed E-state index contributed by atoms with van der Waals surface area (Å²) in [6.45, 7) is -0.311. The Bertz CT molecular complexity index is 642. The largest absolute Gasteiger partial charge is 0.443 e. The molecule has 1 aromatic carbocycles. The Labute approximate surface area is 107 Å². The highest BCUT2D eigenvalue weighted by molar-refractivity contribution is 5.75. The molecule has 8 heteroatoms. The second-order valence-electron chi connectivity index (χ2n) is 4.34. The second-order valence-corrected chi connectivity index (χ2v) is 4.34. The maximum Gasteiger partial charge on any atom is 0.443 e. The summed E-state index contributed by atoms with van der Waals surface area (Å²) in [4.78, 5) is 14.7. The molecule has 0 saturated carbocycles. The van der Waals surface area contributed by atoms with Gasteiger partial charge in [-0.1, -0.05) is 12.1 Å². The number of nitrogens with zero attached hydrogens (tertiary/aromatic N) is 3. The van der Waals surface area contributed by atoms with Gasteiger partial charge in [0, 0.05) is 0 Å². The predicted octanol–water partition coefficient (Wildman–Crippen LogP) is -0.325. The van der Waals surface area contributed by atoms with Crippen molar-refractivity contribution in [3.8, 4) is 0 Å². The minimum atomic E-state index is -2.24. The van der Waals surface area contributed by atoms with Crippen LogP contribution in [0.25, 0.3) is 11.0 Å². The Morgan fingerprint density at radius 2 is 2.21 bits per heavy atom. The third-order valence-electron chi connectivity index (χ3n) is 3.28. The van der Waals surface area contributed by atoms with Crippen molar-refractivity contribution in [2.75, 3.05) is 6.61 Å². The topological polar surface area (TPSA) is 111 Å². The van der Waals surface area contributed by atoms with Crippen LogP contribution in [0.15, 0.2) is 30.6 Å². The zero-order valence-corrected chi connectivity index (χ0v) is 9.71. The van der Waals surface area contributed by atoms with E-state index in [2.05, 4.69) is 4.98 Å². The summed E-state index contributed by atoms with van der Waals surface area (Å²) in [5.41, 5.74) is 0.994. The van der Waals surface area contributed by atoms with E-state index in [0.29, 0.717) is 11.0 Å². The highest BCUT2D eigenvalue weighted by Gasteiger charge is 2.62. The van der Waals surface area contributed by atoms with Crippen LogP contribution >= 0.6 is 0 Å². The van der Waals surface area contributed by atoms with E-state index in [4.69, 9.17) is 4.74 Å². The van der Waals surface area contributed by atoms with Gasteiger partial charge in [0.15, 0.2) is 0 Å². The number of aliphatic hydroxyl groups excluding tert-OH is 2. The van der Waals surface area contributed by atoms with E-state index in [0.717, 1.165) is 4.57 Å². The van der Waals surface area contributed by atoms with Crippen LogP contribution in [0.1, 0.15) is 0 Å². The van der Waals surface area contributed by atoms with E-state index >= 15 is 0 Å². The minimum absolute atomic E-state index is 0.311. The molecule has 2 N–H and O–H groups in total. The number of rotatable bonds is 2. The van der Waals surface area contributed by atoms with Gasteiger partial charge in [-0.15, -0.1) is 0 Å². The molecule has 2 heterocycles. The summed E-state index contributed by atoms with van der Waals surface area (Å²) in [6, 6.07) is 6.77. The van der Waals surface area contributed by atoms with Crippen LogP contribution in [0.4, 0.5) is 0 Å². The number of nitro groups is 1. The van der Waals surface area contributed by atoms with Gasteiger partial charge in [0.05, 0.1) is 22.6 Å². The molecule has 2 aromatic rings. The Balaban J connectivity index is 2.24. The average molecular weight is 265 g/mol. The summed E-state index contributed by atoms with van der Waals surface area (Å²) >= 11 is 0. The fourth-order valence-corrected chi connectivity index (χ4v) is 2.31. The van der Waals surface area contributed by atoms with Crippen LogP contribution in [0, 0.1) is 10.1 Å². The molecule has 0 aliphatic carbocycles. The number of aliphatic hydroxyl groups is 2. The van der Waals surface area contributed by atoms with Gasteiger partial charge in [-0.05, 0) is 12.1 Å². The zero-order chi connectivity index (χ0) is 13.6. The summed E-state index contributed by atoms with van der Waals surface area (Å²) in [7, 11) is 0. The standard InChI is InChI=1S/C11H11N3O5/c15-9-5-19-11(10(9)16,14(17)18)13-6-12-7-3-1-2-4-8(7)13/h1-4,6,9-10,15-16H,5H2. The smallest absolute Gasteiger partial charge is 0.387 e. The molecule has 1 aromatic heterocycles. The number of fused-ring (bicyclic) bond motifs is 1. The minimum Gasteiger partial charge on any atom is -0.387 e. The molecule has 0 radical (unpaired) electrons. The van der Waals surface area contributed by atoms with Gasteiger partial charge in [-0.25, -0.2) is 9.55 Å². The normalized spacial score (nSPS) is 30.8. The zero-order valence-electron chi connectivity index (χ0n) is 9.71. The molecule has 8 nitrogen and oxygen atoms in total. The van der Waals surface area contributed by atoms with E-state index in [1.807, 2.05) is 0 Å².